The van der Waals surface area contributed by atoms with Crippen molar-refractivity contribution in [2.24, 2.45) is 0 Å². The quantitative estimate of drug-likeness (QED) is 0.828. The molecule has 1 aromatic rings. The van der Waals surface area contributed by atoms with Crippen molar-refractivity contribution >= 4 is 21.6 Å². The van der Waals surface area contributed by atoms with Crippen LogP contribution in [0.25, 0.3) is 0 Å². The van der Waals surface area contributed by atoms with Crippen LogP contribution < -0.4 is 5.32 Å². The molecule has 1 N–H and O–H groups in total. The van der Waals surface area contributed by atoms with Crippen LogP contribution in [0.4, 0.5) is 5.82 Å². The average Bonchev–Trinajstić information content (AvgIpc) is 2.34. The number of ether oxygens (including phenoxy) is 1. The molecule has 0 saturated carbocycles. The minimum Gasteiger partial charge on any atom is -0.465 e. The Labute approximate surface area is 119 Å². The van der Waals surface area contributed by atoms with Crippen molar-refractivity contribution < 1.29 is 17.9 Å². The number of pyridine rings is 1. The van der Waals surface area contributed by atoms with Gasteiger partial charge in [0.05, 0.1) is 23.1 Å². The second kappa shape index (κ2) is 5.78. The molecule has 0 aliphatic rings. The highest BCUT2D eigenvalue weighted by atomic mass is 32.2. The van der Waals surface area contributed by atoms with Crippen molar-refractivity contribution in [2.75, 3.05) is 25.2 Å². The monoisotopic (exact) mass is 300 g/mol. The van der Waals surface area contributed by atoms with E-state index < -0.39 is 20.6 Å². The number of hydrogen-bond acceptors (Lipinski definition) is 6. The van der Waals surface area contributed by atoms with Crippen molar-refractivity contribution in [1.82, 2.24) is 4.98 Å². The Morgan fingerprint density at radius 3 is 2.45 bits per heavy atom. The minimum absolute atomic E-state index is 0.232. The van der Waals surface area contributed by atoms with Gasteiger partial charge in [-0.15, -0.1) is 0 Å². The van der Waals surface area contributed by atoms with Gasteiger partial charge in [0, 0.05) is 12.8 Å². The van der Waals surface area contributed by atoms with Gasteiger partial charge in [-0.1, -0.05) is 0 Å². The Hall–Kier alpha value is -1.63. The average molecular weight is 300 g/mol. The molecule has 0 aromatic carbocycles. The van der Waals surface area contributed by atoms with Crippen LogP contribution in [0.15, 0.2) is 12.1 Å². The molecular formula is C13H20N2O4S. The summed E-state index contributed by atoms with van der Waals surface area (Å²) < 4.78 is 26.9. The lowest BCUT2D eigenvalue weighted by atomic mass is 10.2. The van der Waals surface area contributed by atoms with Gasteiger partial charge in [-0.3, -0.25) is 0 Å². The summed E-state index contributed by atoms with van der Waals surface area (Å²) in [5, 5.41) is 2.97. The standard InChI is InChI=1S/C13H20N2O4S/c1-9-10(12(16)19-4)6-7-11(15-9)14-8-13(2,3)20(5,17)18/h6-7H,8H2,1-5H3,(H,14,15). The fourth-order valence-electron chi connectivity index (χ4n) is 1.42. The fraction of sp³-hybridized carbons (Fsp3) is 0.538. The molecule has 0 radical (unpaired) electrons. The normalized spacial score (nSPS) is 12.1. The fourth-order valence-corrected chi connectivity index (χ4v) is 1.75. The van der Waals surface area contributed by atoms with Crippen molar-refractivity contribution in [3.63, 3.8) is 0 Å². The van der Waals surface area contributed by atoms with E-state index in [1.807, 2.05) is 0 Å². The first kappa shape index (κ1) is 16.4. The van der Waals surface area contributed by atoms with Crippen LogP contribution in [-0.4, -0.2) is 44.0 Å². The molecule has 0 aliphatic carbocycles. The predicted molar refractivity (Wildman–Crippen MR) is 77.7 cm³/mol. The van der Waals surface area contributed by atoms with Gasteiger partial charge >= 0.3 is 5.97 Å². The Morgan fingerprint density at radius 2 is 2.00 bits per heavy atom. The van der Waals surface area contributed by atoms with Crippen LogP contribution in [0.3, 0.4) is 0 Å². The number of carbonyl (C=O) groups excluding carboxylic acids is 1. The summed E-state index contributed by atoms with van der Waals surface area (Å²) in [5.41, 5.74) is 0.916. The molecule has 0 bridgehead atoms. The highest BCUT2D eigenvalue weighted by molar-refractivity contribution is 7.92. The third-order valence-electron chi connectivity index (χ3n) is 3.19. The van der Waals surface area contributed by atoms with Crippen LogP contribution in [0.5, 0.6) is 0 Å². The summed E-state index contributed by atoms with van der Waals surface area (Å²) in [5.74, 6) is 0.0740. The largest absolute Gasteiger partial charge is 0.465 e. The van der Waals surface area contributed by atoms with Gasteiger partial charge in [0.1, 0.15) is 5.82 Å². The van der Waals surface area contributed by atoms with Crippen molar-refractivity contribution in [3.8, 4) is 0 Å². The molecule has 0 unspecified atom stereocenters. The molecule has 0 aliphatic heterocycles. The summed E-state index contributed by atoms with van der Waals surface area (Å²) in [6, 6.07) is 3.22. The van der Waals surface area contributed by atoms with Crippen LogP contribution >= 0.6 is 0 Å². The molecule has 0 amide bonds. The first-order valence-electron chi connectivity index (χ1n) is 6.08. The Kier molecular flexibility index (Phi) is 4.75. The second-order valence-corrected chi connectivity index (χ2v) is 7.86. The van der Waals surface area contributed by atoms with E-state index in [1.54, 1.807) is 32.9 Å². The molecule has 0 saturated heterocycles. The number of aryl methyl sites for hydroxylation is 1. The van der Waals surface area contributed by atoms with Gasteiger partial charge in [0.15, 0.2) is 9.84 Å². The molecule has 6 nitrogen and oxygen atoms in total. The zero-order chi connectivity index (χ0) is 15.6. The van der Waals surface area contributed by atoms with Crippen molar-refractivity contribution in [2.45, 2.75) is 25.5 Å². The van der Waals surface area contributed by atoms with Crippen LogP contribution in [0, 0.1) is 6.92 Å². The number of nitrogens with zero attached hydrogens (tertiary/aromatic N) is 1. The Balaban J connectivity index is 2.86. The summed E-state index contributed by atoms with van der Waals surface area (Å²) in [6.45, 7) is 5.21. The van der Waals surface area contributed by atoms with E-state index in [9.17, 15) is 13.2 Å². The minimum atomic E-state index is -3.17. The van der Waals surface area contributed by atoms with Crippen LogP contribution in [0.1, 0.15) is 29.9 Å². The molecular weight excluding hydrogens is 280 g/mol. The highest BCUT2D eigenvalue weighted by Crippen LogP contribution is 2.17. The lowest BCUT2D eigenvalue weighted by Crippen LogP contribution is -2.38. The summed E-state index contributed by atoms with van der Waals surface area (Å²) >= 11 is 0. The first-order valence-corrected chi connectivity index (χ1v) is 7.97. The number of hydrogen-bond donors (Lipinski definition) is 1. The lowest BCUT2D eigenvalue weighted by molar-refractivity contribution is 0.0599. The molecule has 0 atom stereocenters. The van der Waals surface area contributed by atoms with E-state index in [1.165, 1.54) is 13.4 Å². The van der Waals surface area contributed by atoms with E-state index in [0.29, 0.717) is 17.1 Å². The number of nitrogens with one attached hydrogen (secondary N) is 1. The number of sulfone groups is 1. The topological polar surface area (TPSA) is 85.4 Å². The number of aromatic nitrogens is 1. The van der Waals surface area contributed by atoms with E-state index in [4.69, 9.17) is 0 Å². The smallest absolute Gasteiger partial charge is 0.339 e. The van der Waals surface area contributed by atoms with Gasteiger partial charge in [-0.05, 0) is 32.9 Å². The van der Waals surface area contributed by atoms with Gasteiger partial charge in [-0.25, -0.2) is 18.2 Å². The Morgan fingerprint density at radius 1 is 1.40 bits per heavy atom. The van der Waals surface area contributed by atoms with E-state index in [2.05, 4.69) is 15.0 Å². The van der Waals surface area contributed by atoms with Crippen LogP contribution in [0.2, 0.25) is 0 Å². The molecule has 1 rings (SSSR count). The molecule has 1 aromatic heterocycles. The summed E-state index contributed by atoms with van der Waals surface area (Å²) in [4.78, 5) is 15.7. The molecule has 1 heterocycles. The maximum atomic E-state index is 11.6. The summed E-state index contributed by atoms with van der Waals surface area (Å²) in [7, 11) is -1.86. The van der Waals surface area contributed by atoms with Gasteiger partial charge in [-0.2, -0.15) is 0 Å². The van der Waals surface area contributed by atoms with E-state index in [-0.39, 0.29) is 6.54 Å². The van der Waals surface area contributed by atoms with Gasteiger partial charge in [0.25, 0.3) is 0 Å². The third-order valence-corrected chi connectivity index (χ3v) is 5.34. The number of anilines is 1. The third kappa shape index (κ3) is 3.69. The number of methoxy groups -OCH3 is 1. The summed E-state index contributed by atoms with van der Waals surface area (Å²) in [6.07, 6.45) is 1.20. The van der Waals surface area contributed by atoms with Crippen LogP contribution in [-0.2, 0) is 14.6 Å². The maximum Gasteiger partial charge on any atom is 0.339 e. The molecule has 20 heavy (non-hydrogen) atoms. The molecule has 0 fully saturated rings. The zero-order valence-electron chi connectivity index (χ0n) is 12.4. The molecule has 7 heteroatoms. The molecule has 112 valence electrons. The first-order chi connectivity index (χ1) is 9.08. The molecule has 0 spiro atoms. The Bertz CT molecular complexity index is 609. The SMILES string of the molecule is COC(=O)c1ccc(NCC(C)(C)S(C)(=O)=O)nc1C. The van der Waals surface area contributed by atoms with Gasteiger partial charge < -0.3 is 10.1 Å². The maximum absolute atomic E-state index is 11.6. The zero-order valence-corrected chi connectivity index (χ0v) is 13.2. The van der Waals surface area contributed by atoms with E-state index >= 15 is 0 Å². The van der Waals surface area contributed by atoms with Gasteiger partial charge in [0.2, 0.25) is 0 Å². The number of rotatable bonds is 5. The van der Waals surface area contributed by atoms with Crippen molar-refractivity contribution in [3.05, 3.63) is 23.4 Å². The number of esters is 1. The lowest BCUT2D eigenvalue weighted by Gasteiger charge is -2.23. The number of carbonyl (C=O) groups is 1. The highest BCUT2D eigenvalue weighted by Gasteiger charge is 2.29. The van der Waals surface area contributed by atoms with Crippen molar-refractivity contribution in [1.29, 1.82) is 0 Å². The van der Waals surface area contributed by atoms with E-state index in [0.717, 1.165) is 0 Å². The second-order valence-electron chi connectivity index (χ2n) is 5.21. The predicted octanol–water partition coefficient (Wildman–Crippen LogP) is 1.41.